The molecule has 0 aromatic heterocycles. The number of nitriles is 1. The van der Waals surface area contributed by atoms with Crippen molar-refractivity contribution in [2.24, 2.45) is 11.8 Å². The molecule has 4 rings (SSSR count). The number of amides is 1. The van der Waals surface area contributed by atoms with Crippen molar-refractivity contribution in [3.8, 4) is 11.8 Å². The molecule has 31 heavy (non-hydrogen) atoms. The van der Waals surface area contributed by atoms with Crippen molar-refractivity contribution in [3.63, 3.8) is 0 Å². The summed E-state index contributed by atoms with van der Waals surface area (Å²) in [5.41, 5.74) is 2.58. The quantitative estimate of drug-likeness (QED) is 0.653. The molecule has 2 atom stereocenters. The zero-order valence-corrected chi connectivity index (χ0v) is 17.8. The van der Waals surface area contributed by atoms with Crippen LogP contribution < -0.4 is 4.74 Å². The van der Waals surface area contributed by atoms with E-state index in [1.807, 2.05) is 17.0 Å². The normalized spacial score (nSPS) is 23.0. The van der Waals surface area contributed by atoms with E-state index in [0.717, 1.165) is 31.6 Å². The van der Waals surface area contributed by atoms with Gasteiger partial charge in [-0.1, -0.05) is 29.9 Å². The summed E-state index contributed by atoms with van der Waals surface area (Å²) in [6.45, 7) is 4.57. The van der Waals surface area contributed by atoms with E-state index < -0.39 is 0 Å². The number of hydrogen-bond donors (Lipinski definition) is 0. The van der Waals surface area contributed by atoms with Gasteiger partial charge < -0.3 is 14.4 Å². The Labute approximate surface area is 182 Å². The highest BCUT2D eigenvalue weighted by Gasteiger charge is 2.35. The number of allylic oxidation sites excluding steroid dienone is 1. The zero-order chi connectivity index (χ0) is 21.8. The van der Waals surface area contributed by atoms with E-state index in [9.17, 15) is 9.59 Å². The van der Waals surface area contributed by atoms with E-state index in [1.165, 1.54) is 12.7 Å². The highest BCUT2D eigenvalue weighted by molar-refractivity contribution is 5.79. The Balaban J connectivity index is 1.23. The van der Waals surface area contributed by atoms with Gasteiger partial charge in [-0.3, -0.25) is 14.5 Å². The summed E-state index contributed by atoms with van der Waals surface area (Å²) in [5.74, 6) is 0.568. The van der Waals surface area contributed by atoms with Crippen molar-refractivity contribution < 1.29 is 19.1 Å². The summed E-state index contributed by atoms with van der Waals surface area (Å²) in [4.78, 5) is 28.6. The predicted molar refractivity (Wildman–Crippen MR) is 114 cm³/mol. The number of carbonyl (C=O) groups excluding carboxylic acids is 2. The molecule has 0 radical (unpaired) electrons. The average Bonchev–Trinajstić information content (AvgIpc) is 3.18. The standard InChI is InChI=1S/C24H27N3O4/c1-30-22-13-18(2-4-19(22)15-25)14-23(28)27-10-8-26(9-11-27)7-6-17-3-5-21-20(12-17)16-31-24(21)29/h2-5,12-13,20-21H,6-11,14,16H2,1H3. The smallest absolute Gasteiger partial charge is 0.313 e. The van der Waals surface area contributed by atoms with Crippen molar-refractivity contribution in [2.45, 2.75) is 12.8 Å². The van der Waals surface area contributed by atoms with Crippen LogP contribution in [-0.4, -0.2) is 68.1 Å². The molecule has 2 unspecified atom stereocenters. The highest BCUT2D eigenvalue weighted by atomic mass is 16.5. The molecule has 0 bridgehead atoms. The first-order valence-corrected chi connectivity index (χ1v) is 10.7. The molecule has 2 aliphatic heterocycles. The molecule has 1 aromatic carbocycles. The van der Waals surface area contributed by atoms with Crippen LogP contribution in [0.25, 0.3) is 0 Å². The van der Waals surface area contributed by atoms with Gasteiger partial charge in [0.15, 0.2) is 0 Å². The van der Waals surface area contributed by atoms with E-state index >= 15 is 0 Å². The molecule has 2 fully saturated rings. The van der Waals surface area contributed by atoms with Crippen molar-refractivity contribution in [1.29, 1.82) is 5.26 Å². The summed E-state index contributed by atoms with van der Waals surface area (Å²) in [5, 5.41) is 9.09. The first-order valence-electron chi connectivity index (χ1n) is 10.7. The summed E-state index contributed by atoms with van der Waals surface area (Å²) < 4.78 is 10.4. The first kappa shape index (κ1) is 21.1. The number of cyclic esters (lactones) is 1. The fourth-order valence-corrected chi connectivity index (χ4v) is 4.38. The summed E-state index contributed by atoms with van der Waals surface area (Å²) in [7, 11) is 1.53. The van der Waals surface area contributed by atoms with Crippen LogP contribution in [-0.2, 0) is 20.7 Å². The Morgan fingerprint density at radius 2 is 2.10 bits per heavy atom. The third kappa shape index (κ3) is 4.80. The van der Waals surface area contributed by atoms with Gasteiger partial charge in [0, 0.05) is 38.6 Å². The second-order valence-corrected chi connectivity index (χ2v) is 8.22. The number of ether oxygens (including phenoxy) is 2. The Kier molecular flexibility index (Phi) is 6.38. The lowest BCUT2D eigenvalue weighted by atomic mass is 9.87. The Hall–Kier alpha value is -3.11. The fraction of sp³-hybridized carbons (Fsp3) is 0.458. The summed E-state index contributed by atoms with van der Waals surface area (Å²) in [6, 6.07) is 7.37. The molecule has 162 valence electrons. The number of methoxy groups -OCH3 is 1. The maximum absolute atomic E-state index is 12.7. The van der Waals surface area contributed by atoms with Crippen LogP contribution in [0.3, 0.4) is 0 Å². The lowest BCUT2D eigenvalue weighted by Crippen LogP contribution is -2.49. The number of piperazine rings is 1. The monoisotopic (exact) mass is 421 g/mol. The molecular weight excluding hydrogens is 394 g/mol. The molecule has 2 saturated heterocycles. The lowest BCUT2D eigenvalue weighted by Gasteiger charge is -2.35. The molecule has 1 amide bonds. The second-order valence-electron chi connectivity index (χ2n) is 8.22. The van der Waals surface area contributed by atoms with Crippen LogP contribution in [0.2, 0.25) is 0 Å². The number of nitrogens with zero attached hydrogens (tertiary/aromatic N) is 3. The van der Waals surface area contributed by atoms with Crippen LogP contribution in [0.4, 0.5) is 0 Å². The molecule has 0 saturated carbocycles. The molecule has 1 aliphatic carbocycles. The van der Waals surface area contributed by atoms with Gasteiger partial charge in [-0.05, 0) is 24.1 Å². The first-order chi connectivity index (χ1) is 15.1. The third-order valence-electron chi connectivity index (χ3n) is 6.28. The van der Waals surface area contributed by atoms with Crippen LogP contribution in [0.5, 0.6) is 5.75 Å². The number of fused-ring (bicyclic) bond motifs is 1. The topological polar surface area (TPSA) is 82.9 Å². The molecular formula is C24H27N3O4. The molecule has 3 aliphatic rings. The average molecular weight is 421 g/mol. The van der Waals surface area contributed by atoms with Gasteiger partial charge in [0.2, 0.25) is 5.91 Å². The molecule has 0 N–H and O–H groups in total. The fourth-order valence-electron chi connectivity index (χ4n) is 4.38. The van der Waals surface area contributed by atoms with Crippen LogP contribution in [0, 0.1) is 23.2 Å². The molecule has 1 aromatic rings. The molecule has 7 nitrogen and oxygen atoms in total. The van der Waals surface area contributed by atoms with Gasteiger partial charge in [0.1, 0.15) is 11.8 Å². The van der Waals surface area contributed by atoms with E-state index in [2.05, 4.69) is 23.1 Å². The minimum atomic E-state index is -0.114. The second kappa shape index (κ2) is 9.36. The van der Waals surface area contributed by atoms with Crippen molar-refractivity contribution in [2.75, 3.05) is 46.4 Å². The van der Waals surface area contributed by atoms with Crippen LogP contribution in [0.1, 0.15) is 17.5 Å². The van der Waals surface area contributed by atoms with Crippen LogP contribution in [0.15, 0.2) is 42.0 Å². The Bertz CT molecular complexity index is 954. The molecule has 7 heteroatoms. The maximum Gasteiger partial charge on any atom is 0.313 e. The predicted octanol–water partition coefficient (Wildman–Crippen LogP) is 1.93. The number of hydrogen-bond acceptors (Lipinski definition) is 6. The van der Waals surface area contributed by atoms with Gasteiger partial charge in [-0.25, -0.2) is 0 Å². The minimum absolute atomic E-state index is 0.0984. The molecule has 0 spiro atoms. The van der Waals surface area contributed by atoms with Crippen molar-refractivity contribution >= 4 is 11.9 Å². The van der Waals surface area contributed by atoms with Gasteiger partial charge in [-0.15, -0.1) is 0 Å². The largest absolute Gasteiger partial charge is 0.495 e. The van der Waals surface area contributed by atoms with Crippen LogP contribution >= 0.6 is 0 Å². The lowest BCUT2D eigenvalue weighted by molar-refractivity contribution is -0.140. The third-order valence-corrected chi connectivity index (χ3v) is 6.28. The van der Waals surface area contributed by atoms with Gasteiger partial charge in [0.05, 0.1) is 31.6 Å². The zero-order valence-electron chi connectivity index (χ0n) is 17.8. The number of rotatable bonds is 6. The summed E-state index contributed by atoms with van der Waals surface area (Å²) in [6.07, 6.45) is 7.46. The molecule has 2 heterocycles. The Morgan fingerprint density at radius 3 is 2.84 bits per heavy atom. The van der Waals surface area contributed by atoms with E-state index in [1.54, 1.807) is 12.1 Å². The van der Waals surface area contributed by atoms with E-state index in [0.29, 0.717) is 37.4 Å². The van der Waals surface area contributed by atoms with E-state index in [-0.39, 0.29) is 23.7 Å². The van der Waals surface area contributed by atoms with E-state index in [4.69, 9.17) is 14.7 Å². The minimum Gasteiger partial charge on any atom is -0.495 e. The SMILES string of the molecule is COc1cc(CC(=O)N2CCN(CCC3=CC4COC(=O)C4C=C3)CC2)ccc1C#N. The van der Waals surface area contributed by atoms with Gasteiger partial charge in [0.25, 0.3) is 0 Å². The van der Waals surface area contributed by atoms with Crippen molar-refractivity contribution in [3.05, 3.63) is 53.1 Å². The number of esters is 1. The van der Waals surface area contributed by atoms with Gasteiger partial charge >= 0.3 is 5.97 Å². The number of benzene rings is 1. The Morgan fingerprint density at radius 1 is 1.29 bits per heavy atom. The maximum atomic E-state index is 12.7. The number of carbonyl (C=O) groups is 2. The summed E-state index contributed by atoms with van der Waals surface area (Å²) >= 11 is 0. The van der Waals surface area contributed by atoms with Crippen molar-refractivity contribution in [1.82, 2.24) is 9.80 Å². The highest BCUT2D eigenvalue weighted by Crippen LogP contribution is 2.30. The van der Waals surface area contributed by atoms with Gasteiger partial charge in [-0.2, -0.15) is 5.26 Å².